The second kappa shape index (κ2) is 6.88. The molecule has 3 rings (SSSR count). The maximum absolute atomic E-state index is 13.2. The van der Waals surface area contributed by atoms with Crippen molar-refractivity contribution in [1.29, 1.82) is 0 Å². The van der Waals surface area contributed by atoms with Crippen molar-refractivity contribution in [2.24, 2.45) is 0 Å². The van der Waals surface area contributed by atoms with Crippen molar-refractivity contribution in [3.05, 3.63) is 58.8 Å². The lowest BCUT2D eigenvalue weighted by molar-refractivity contribution is -0.121. The molecule has 0 fully saturated rings. The summed E-state index contributed by atoms with van der Waals surface area (Å²) in [5, 5.41) is 6.87. The standard InChI is InChI=1S/C16H16FN5OS/c1-11(22-10-18-9-19-22)16(23)21(7-14-8-24-12(2)20-14)15-5-3-13(17)4-6-15/h3-6,8-11H,7H2,1-2H3/t11-/m1/s1. The molecule has 0 radical (unpaired) electrons. The van der Waals surface area contributed by atoms with Gasteiger partial charge in [-0.05, 0) is 38.1 Å². The number of halogens is 1. The van der Waals surface area contributed by atoms with E-state index in [2.05, 4.69) is 15.1 Å². The first kappa shape index (κ1) is 16.3. The number of aryl methyl sites for hydroxylation is 1. The van der Waals surface area contributed by atoms with E-state index in [9.17, 15) is 9.18 Å². The van der Waals surface area contributed by atoms with Gasteiger partial charge in [0.1, 0.15) is 24.5 Å². The first-order chi connectivity index (χ1) is 11.5. The molecule has 0 aliphatic carbocycles. The Labute approximate surface area is 142 Å². The Kier molecular flexibility index (Phi) is 4.66. The Hall–Kier alpha value is -2.61. The molecule has 1 aromatic carbocycles. The molecule has 0 aliphatic rings. The highest BCUT2D eigenvalue weighted by Crippen LogP contribution is 2.22. The number of hydrogen-bond acceptors (Lipinski definition) is 5. The van der Waals surface area contributed by atoms with E-state index in [-0.39, 0.29) is 11.7 Å². The molecule has 2 aromatic heterocycles. The van der Waals surface area contributed by atoms with Crippen LogP contribution in [0, 0.1) is 12.7 Å². The van der Waals surface area contributed by atoms with Gasteiger partial charge in [-0.3, -0.25) is 4.79 Å². The average molecular weight is 345 g/mol. The van der Waals surface area contributed by atoms with Crippen LogP contribution in [0.15, 0.2) is 42.3 Å². The first-order valence-electron chi connectivity index (χ1n) is 7.36. The highest BCUT2D eigenvalue weighted by Gasteiger charge is 2.24. The van der Waals surface area contributed by atoms with E-state index in [1.807, 2.05) is 12.3 Å². The number of amides is 1. The topological polar surface area (TPSA) is 63.9 Å². The minimum Gasteiger partial charge on any atom is -0.305 e. The minimum atomic E-state index is -0.530. The highest BCUT2D eigenvalue weighted by molar-refractivity contribution is 7.09. The molecule has 24 heavy (non-hydrogen) atoms. The van der Waals surface area contributed by atoms with E-state index in [4.69, 9.17) is 0 Å². The van der Waals surface area contributed by atoms with Crippen molar-refractivity contribution in [2.45, 2.75) is 26.4 Å². The maximum Gasteiger partial charge on any atom is 0.251 e. The van der Waals surface area contributed by atoms with Gasteiger partial charge in [-0.15, -0.1) is 11.3 Å². The van der Waals surface area contributed by atoms with Gasteiger partial charge >= 0.3 is 0 Å². The van der Waals surface area contributed by atoms with Crippen molar-refractivity contribution in [1.82, 2.24) is 19.7 Å². The third-order valence-corrected chi connectivity index (χ3v) is 4.40. The Bertz CT molecular complexity index is 815. The Morgan fingerprint density at radius 2 is 2.12 bits per heavy atom. The van der Waals surface area contributed by atoms with Gasteiger partial charge < -0.3 is 4.90 Å². The molecule has 0 spiro atoms. The van der Waals surface area contributed by atoms with Crippen molar-refractivity contribution >= 4 is 22.9 Å². The van der Waals surface area contributed by atoms with Crippen LogP contribution in [0.4, 0.5) is 10.1 Å². The first-order valence-corrected chi connectivity index (χ1v) is 8.24. The summed E-state index contributed by atoms with van der Waals surface area (Å²) in [4.78, 5) is 22.8. The van der Waals surface area contributed by atoms with Crippen LogP contribution in [0.3, 0.4) is 0 Å². The molecule has 6 nitrogen and oxygen atoms in total. The van der Waals surface area contributed by atoms with Crippen molar-refractivity contribution in [3.8, 4) is 0 Å². The highest BCUT2D eigenvalue weighted by atomic mass is 32.1. The summed E-state index contributed by atoms with van der Waals surface area (Å²) in [6.07, 6.45) is 2.88. The summed E-state index contributed by atoms with van der Waals surface area (Å²) in [5.74, 6) is -0.516. The second-order valence-electron chi connectivity index (χ2n) is 5.31. The second-order valence-corrected chi connectivity index (χ2v) is 6.37. The summed E-state index contributed by atoms with van der Waals surface area (Å²) in [6.45, 7) is 3.98. The van der Waals surface area contributed by atoms with E-state index >= 15 is 0 Å². The zero-order valence-corrected chi connectivity index (χ0v) is 14.1. The lowest BCUT2D eigenvalue weighted by Gasteiger charge is -2.25. The van der Waals surface area contributed by atoms with Crippen molar-refractivity contribution in [3.63, 3.8) is 0 Å². The Morgan fingerprint density at radius 1 is 1.38 bits per heavy atom. The number of hydrogen-bond donors (Lipinski definition) is 0. The van der Waals surface area contributed by atoms with E-state index in [0.29, 0.717) is 12.2 Å². The zero-order valence-electron chi connectivity index (χ0n) is 13.3. The fraction of sp³-hybridized carbons (Fsp3) is 0.250. The van der Waals surface area contributed by atoms with Crippen LogP contribution in [-0.4, -0.2) is 25.7 Å². The van der Waals surface area contributed by atoms with Gasteiger partial charge in [0.05, 0.1) is 17.2 Å². The van der Waals surface area contributed by atoms with Crippen LogP contribution in [0.1, 0.15) is 23.7 Å². The number of benzene rings is 1. The Morgan fingerprint density at radius 3 is 2.71 bits per heavy atom. The van der Waals surface area contributed by atoms with E-state index in [1.165, 1.54) is 40.8 Å². The lowest BCUT2D eigenvalue weighted by atomic mass is 10.2. The molecular weight excluding hydrogens is 329 g/mol. The molecule has 1 amide bonds. The third kappa shape index (κ3) is 3.48. The quantitative estimate of drug-likeness (QED) is 0.713. The van der Waals surface area contributed by atoms with E-state index < -0.39 is 6.04 Å². The largest absolute Gasteiger partial charge is 0.305 e. The molecule has 0 saturated carbocycles. The molecule has 2 heterocycles. The number of aromatic nitrogens is 4. The molecule has 0 bridgehead atoms. The summed E-state index contributed by atoms with van der Waals surface area (Å²) in [5.41, 5.74) is 1.40. The van der Waals surface area contributed by atoms with Crippen LogP contribution in [0.5, 0.6) is 0 Å². The SMILES string of the molecule is Cc1nc(CN(C(=O)[C@@H](C)n2cncn2)c2ccc(F)cc2)cs1. The summed E-state index contributed by atoms with van der Waals surface area (Å²) in [7, 11) is 0. The van der Waals surface area contributed by atoms with Crippen LogP contribution in [0.25, 0.3) is 0 Å². The molecule has 0 saturated heterocycles. The maximum atomic E-state index is 13.2. The fourth-order valence-corrected chi connectivity index (χ4v) is 2.92. The number of carbonyl (C=O) groups is 1. The summed E-state index contributed by atoms with van der Waals surface area (Å²) >= 11 is 1.53. The molecule has 8 heteroatoms. The van der Waals surface area contributed by atoms with Gasteiger partial charge in [0.15, 0.2) is 0 Å². The van der Waals surface area contributed by atoms with Crippen molar-refractivity contribution in [2.75, 3.05) is 4.90 Å². The minimum absolute atomic E-state index is 0.169. The van der Waals surface area contributed by atoms with Gasteiger partial charge in [0.25, 0.3) is 5.91 Å². The van der Waals surface area contributed by atoms with Gasteiger partial charge in [-0.1, -0.05) is 0 Å². The predicted molar refractivity (Wildman–Crippen MR) is 89.2 cm³/mol. The van der Waals surface area contributed by atoms with Crippen LogP contribution < -0.4 is 4.90 Å². The van der Waals surface area contributed by atoms with Crippen LogP contribution in [-0.2, 0) is 11.3 Å². The van der Waals surface area contributed by atoms with Crippen LogP contribution >= 0.6 is 11.3 Å². The smallest absolute Gasteiger partial charge is 0.251 e. The van der Waals surface area contributed by atoms with Gasteiger partial charge in [0.2, 0.25) is 0 Å². The number of rotatable bonds is 5. The normalized spacial score (nSPS) is 12.1. The molecule has 1 atom stereocenters. The Balaban J connectivity index is 1.91. The monoisotopic (exact) mass is 345 g/mol. The van der Waals surface area contributed by atoms with Crippen molar-refractivity contribution < 1.29 is 9.18 Å². The van der Waals surface area contributed by atoms with E-state index in [1.54, 1.807) is 24.0 Å². The van der Waals surface area contributed by atoms with E-state index in [0.717, 1.165) is 10.7 Å². The summed E-state index contributed by atoms with van der Waals surface area (Å²) in [6, 6.07) is 5.31. The lowest BCUT2D eigenvalue weighted by Crippen LogP contribution is -2.36. The number of anilines is 1. The van der Waals surface area contributed by atoms with Gasteiger partial charge in [-0.2, -0.15) is 5.10 Å². The molecule has 124 valence electrons. The molecule has 0 unspecified atom stereocenters. The average Bonchev–Trinajstić information content (AvgIpc) is 3.24. The zero-order chi connectivity index (χ0) is 17.1. The number of nitrogens with zero attached hydrogens (tertiary/aromatic N) is 5. The molecule has 0 aliphatic heterocycles. The van der Waals surface area contributed by atoms with Gasteiger partial charge in [-0.25, -0.2) is 19.0 Å². The fourth-order valence-electron chi connectivity index (χ4n) is 2.32. The number of thiazole rings is 1. The molecule has 3 aromatic rings. The summed E-state index contributed by atoms with van der Waals surface area (Å²) < 4.78 is 14.7. The third-order valence-electron chi connectivity index (χ3n) is 3.58. The predicted octanol–water partition coefficient (Wildman–Crippen LogP) is 2.98. The van der Waals surface area contributed by atoms with Crippen LogP contribution in [0.2, 0.25) is 0 Å². The molecular formula is C16H16FN5OS. The van der Waals surface area contributed by atoms with Gasteiger partial charge in [0, 0.05) is 11.1 Å². The number of carbonyl (C=O) groups excluding carboxylic acids is 1. The molecule has 0 N–H and O–H groups in total.